The minimum Gasteiger partial charge on any atom is -0.493 e. The van der Waals surface area contributed by atoms with E-state index < -0.39 is 0 Å². The molecule has 1 aliphatic rings. The molecule has 0 amide bonds. The minimum absolute atomic E-state index is 0.536. The first-order valence-corrected chi connectivity index (χ1v) is 12.2. The second-order valence-corrected chi connectivity index (χ2v) is 9.41. The SMILES string of the molecule is Cc1ccc(-c2nn(C)cc2-c2ccnc(Nc3cccc(OCC4CCN(C)CC4)c3)n2)cc1. The predicted molar refractivity (Wildman–Crippen MR) is 140 cm³/mol. The molecule has 2 aromatic carbocycles. The van der Waals surface area contributed by atoms with Gasteiger partial charge < -0.3 is 15.0 Å². The van der Waals surface area contributed by atoms with Gasteiger partial charge in [0.05, 0.1) is 12.3 Å². The molecule has 1 aliphatic heterocycles. The predicted octanol–water partition coefficient (Wildman–Crippen LogP) is 5.32. The smallest absolute Gasteiger partial charge is 0.227 e. The molecule has 1 fully saturated rings. The highest BCUT2D eigenvalue weighted by Crippen LogP contribution is 2.31. The third-order valence-electron chi connectivity index (χ3n) is 6.50. The van der Waals surface area contributed by atoms with Crippen LogP contribution in [0.2, 0.25) is 0 Å². The summed E-state index contributed by atoms with van der Waals surface area (Å²) in [5, 5.41) is 8.03. The van der Waals surface area contributed by atoms with Gasteiger partial charge in [-0.25, -0.2) is 9.97 Å². The number of ether oxygens (including phenoxy) is 1. The molecule has 0 radical (unpaired) electrons. The third kappa shape index (κ3) is 5.69. The second-order valence-electron chi connectivity index (χ2n) is 9.41. The van der Waals surface area contributed by atoms with Crippen LogP contribution in [-0.2, 0) is 7.05 Å². The van der Waals surface area contributed by atoms with Gasteiger partial charge in [-0.15, -0.1) is 0 Å². The number of nitrogens with one attached hydrogen (secondary N) is 1. The summed E-state index contributed by atoms with van der Waals surface area (Å²) >= 11 is 0. The van der Waals surface area contributed by atoms with Crippen molar-refractivity contribution >= 4 is 11.6 Å². The van der Waals surface area contributed by atoms with E-state index in [1.54, 1.807) is 6.20 Å². The number of hydrogen-bond acceptors (Lipinski definition) is 6. The Bertz CT molecular complexity index is 1270. The standard InChI is InChI=1S/C28H32N6O/c1-20-7-9-22(10-8-20)27-25(18-34(3)32-27)26-11-14-29-28(31-26)30-23-5-4-6-24(17-23)35-19-21-12-15-33(2)16-13-21/h4-11,14,17-18,21H,12-13,15-16,19H2,1-3H3,(H,29,30,31). The van der Waals surface area contributed by atoms with Gasteiger partial charge in [0, 0.05) is 42.3 Å². The lowest BCUT2D eigenvalue weighted by Crippen LogP contribution is -2.32. The van der Waals surface area contributed by atoms with E-state index in [9.17, 15) is 0 Å². The zero-order valence-corrected chi connectivity index (χ0v) is 20.6. The Kier molecular flexibility index (Phi) is 6.77. The van der Waals surface area contributed by atoms with E-state index in [1.807, 2.05) is 48.3 Å². The Morgan fingerprint density at radius 2 is 1.83 bits per heavy atom. The summed E-state index contributed by atoms with van der Waals surface area (Å²) in [4.78, 5) is 11.6. The highest BCUT2D eigenvalue weighted by Gasteiger charge is 2.17. The lowest BCUT2D eigenvalue weighted by Gasteiger charge is -2.28. The summed E-state index contributed by atoms with van der Waals surface area (Å²) in [6.45, 7) is 5.13. The highest BCUT2D eigenvalue weighted by atomic mass is 16.5. The lowest BCUT2D eigenvalue weighted by molar-refractivity contribution is 0.160. The van der Waals surface area contributed by atoms with Crippen LogP contribution in [0.5, 0.6) is 5.75 Å². The first-order chi connectivity index (χ1) is 17.0. The van der Waals surface area contributed by atoms with Crippen LogP contribution < -0.4 is 10.1 Å². The molecule has 35 heavy (non-hydrogen) atoms. The molecule has 1 saturated heterocycles. The number of benzene rings is 2. The largest absolute Gasteiger partial charge is 0.493 e. The van der Waals surface area contributed by atoms with Crippen molar-refractivity contribution in [1.82, 2.24) is 24.6 Å². The molecular weight excluding hydrogens is 436 g/mol. The van der Waals surface area contributed by atoms with Gasteiger partial charge in [-0.05, 0) is 64.0 Å². The number of piperidine rings is 1. The van der Waals surface area contributed by atoms with Crippen molar-refractivity contribution in [2.24, 2.45) is 13.0 Å². The maximum Gasteiger partial charge on any atom is 0.227 e. The fourth-order valence-corrected chi connectivity index (χ4v) is 4.41. The minimum atomic E-state index is 0.536. The highest BCUT2D eigenvalue weighted by molar-refractivity contribution is 5.79. The van der Waals surface area contributed by atoms with Crippen molar-refractivity contribution in [1.29, 1.82) is 0 Å². The van der Waals surface area contributed by atoms with Gasteiger partial charge in [0.25, 0.3) is 0 Å². The van der Waals surface area contributed by atoms with Crippen molar-refractivity contribution in [3.63, 3.8) is 0 Å². The molecule has 3 heterocycles. The van der Waals surface area contributed by atoms with Crippen LogP contribution in [-0.4, -0.2) is 51.4 Å². The molecular formula is C28H32N6O. The second kappa shape index (κ2) is 10.3. The first-order valence-electron chi connectivity index (χ1n) is 12.2. The van der Waals surface area contributed by atoms with Crippen LogP contribution in [0, 0.1) is 12.8 Å². The van der Waals surface area contributed by atoms with Crippen molar-refractivity contribution in [2.75, 3.05) is 32.1 Å². The number of anilines is 2. The number of aryl methyl sites for hydroxylation is 2. The van der Waals surface area contributed by atoms with Crippen molar-refractivity contribution in [3.8, 4) is 28.3 Å². The molecule has 0 saturated carbocycles. The molecule has 0 aliphatic carbocycles. The lowest BCUT2D eigenvalue weighted by atomic mass is 9.98. The molecule has 2 aromatic heterocycles. The summed E-state index contributed by atoms with van der Waals surface area (Å²) in [6.07, 6.45) is 6.15. The van der Waals surface area contributed by atoms with E-state index >= 15 is 0 Å². The van der Waals surface area contributed by atoms with Crippen LogP contribution in [0.1, 0.15) is 18.4 Å². The fourth-order valence-electron chi connectivity index (χ4n) is 4.41. The average molecular weight is 469 g/mol. The summed E-state index contributed by atoms with van der Waals surface area (Å²) < 4.78 is 7.94. The number of nitrogens with zero attached hydrogens (tertiary/aromatic N) is 5. The Labute approximate surface area is 206 Å². The van der Waals surface area contributed by atoms with Gasteiger partial charge >= 0.3 is 0 Å². The zero-order chi connectivity index (χ0) is 24.2. The normalized spacial score (nSPS) is 14.7. The van der Waals surface area contributed by atoms with Crippen LogP contribution in [0.4, 0.5) is 11.6 Å². The molecule has 4 aromatic rings. The van der Waals surface area contributed by atoms with Crippen molar-refractivity contribution in [2.45, 2.75) is 19.8 Å². The van der Waals surface area contributed by atoms with Crippen molar-refractivity contribution in [3.05, 3.63) is 72.6 Å². The molecule has 180 valence electrons. The van der Waals surface area contributed by atoms with Gasteiger partial charge in [0.15, 0.2) is 0 Å². The molecule has 7 heteroatoms. The number of likely N-dealkylation sites (tertiary alicyclic amines) is 1. The third-order valence-corrected chi connectivity index (χ3v) is 6.50. The first kappa shape index (κ1) is 23.1. The van der Waals surface area contributed by atoms with Crippen LogP contribution in [0.25, 0.3) is 22.5 Å². The molecule has 0 unspecified atom stereocenters. The van der Waals surface area contributed by atoms with E-state index in [2.05, 4.69) is 53.4 Å². The Morgan fingerprint density at radius 1 is 1.03 bits per heavy atom. The molecule has 5 rings (SSSR count). The molecule has 7 nitrogen and oxygen atoms in total. The average Bonchev–Trinajstić information content (AvgIpc) is 3.26. The fraction of sp³-hybridized carbons (Fsp3) is 0.321. The number of hydrogen-bond donors (Lipinski definition) is 1. The van der Waals surface area contributed by atoms with E-state index in [0.29, 0.717) is 11.9 Å². The Morgan fingerprint density at radius 3 is 2.63 bits per heavy atom. The molecule has 0 spiro atoms. The van der Waals surface area contributed by atoms with E-state index in [0.717, 1.165) is 53.6 Å². The summed E-state index contributed by atoms with van der Waals surface area (Å²) in [7, 11) is 4.11. The number of rotatable bonds is 7. The maximum atomic E-state index is 6.12. The topological polar surface area (TPSA) is 68.1 Å². The van der Waals surface area contributed by atoms with E-state index in [4.69, 9.17) is 14.8 Å². The summed E-state index contributed by atoms with van der Waals surface area (Å²) in [5.41, 5.74) is 5.87. The Balaban J connectivity index is 1.31. The van der Waals surface area contributed by atoms with Gasteiger partial charge in [-0.1, -0.05) is 35.9 Å². The maximum absolute atomic E-state index is 6.12. The zero-order valence-electron chi connectivity index (χ0n) is 20.6. The molecule has 0 bridgehead atoms. The van der Waals surface area contributed by atoms with Gasteiger partial charge in [0.2, 0.25) is 5.95 Å². The number of aromatic nitrogens is 4. The van der Waals surface area contributed by atoms with Crippen LogP contribution in [0.3, 0.4) is 0 Å². The quantitative estimate of drug-likeness (QED) is 0.396. The van der Waals surface area contributed by atoms with Gasteiger partial charge in [-0.3, -0.25) is 4.68 Å². The van der Waals surface area contributed by atoms with E-state index in [1.165, 1.54) is 18.4 Å². The van der Waals surface area contributed by atoms with Gasteiger partial charge in [-0.2, -0.15) is 5.10 Å². The molecule has 1 N–H and O–H groups in total. The Hall–Kier alpha value is -3.71. The summed E-state index contributed by atoms with van der Waals surface area (Å²) in [5.74, 6) is 2.01. The summed E-state index contributed by atoms with van der Waals surface area (Å²) in [6, 6.07) is 18.3. The van der Waals surface area contributed by atoms with E-state index in [-0.39, 0.29) is 0 Å². The van der Waals surface area contributed by atoms with Crippen LogP contribution in [0.15, 0.2) is 67.0 Å². The van der Waals surface area contributed by atoms with Crippen LogP contribution >= 0.6 is 0 Å². The van der Waals surface area contributed by atoms with Crippen molar-refractivity contribution < 1.29 is 4.74 Å². The molecule has 0 atom stereocenters. The monoisotopic (exact) mass is 468 g/mol. The van der Waals surface area contributed by atoms with Gasteiger partial charge in [0.1, 0.15) is 11.4 Å².